The molecule has 0 saturated heterocycles. The van der Waals surface area contributed by atoms with Gasteiger partial charge in [0, 0.05) is 0 Å². The summed E-state index contributed by atoms with van der Waals surface area (Å²) >= 11 is 0. The van der Waals surface area contributed by atoms with E-state index in [1.807, 2.05) is 45.9 Å². The van der Waals surface area contributed by atoms with Crippen LogP contribution in [0, 0.1) is 20.8 Å². The van der Waals surface area contributed by atoms with Crippen molar-refractivity contribution in [2.45, 2.75) is 57.9 Å². The van der Waals surface area contributed by atoms with Crippen LogP contribution in [0.2, 0.25) is 0 Å². The molecule has 0 spiro atoms. The molecule has 3 aromatic carbocycles. The SMILES string of the molecule is Cc1ccc(S(=O)(=O)N(CC(=O)N[C@@H](C)c2ccc3c(c2)CCC3)c2cc(C)ccc2C)cc1. The third kappa shape index (κ3) is 5.02. The van der Waals surface area contributed by atoms with Gasteiger partial charge in [0.2, 0.25) is 5.91 Å². The molecular formula is C28H32N2O3S. The number of rotatable bonds is 7. The first-order chi connectivity index (χ1) is 16.1. The monoisotopic (exact) mass is 476 g/mol. The number of carbonyl (C=O) groups excluding carboxylic acids is 1. The molecule has 1 atom stereocenters. The van der Waals surface area contributed by atoms with Crippen LogP contribution >= 0.6 is 0 Å². The predicted octanol–water partition coefficient (Wildman–Crippen LogP) is 5.17. The number of nitrogens with zero attached hydrogens (tertiary/aromatic N) is 1. The molecule has 0 bridgehead atoms. The van der Waals surface area contributed by atoms with Crippen molar-refractivity contribution in [3.05, 3.63) is 94.0 Å². The Kier molecular flexibility index (Phi) is 6.80. The van der Waals surface area contributed by atoms with Crippen LogP contribution in [-0.4, -0.2) is 20.9 Å². The maximum atomic E-state index is 13.7. The lowest BCUT2D eigenvalue weighted by Gasteiger charge is -2.27. The minimum absolute atomic E-state index is 0.165. The standard InChI is InChI=1S/C28H32N2O3S/c1-19-9-14-26(15-10-19)34(32,33)30(27-16-20(2)8-11-21(27)3)18-28(31)29-22(4)24-13-12-23-6-5-7-25(23)17-24/h8-17,22H,5-7,18H2,1-4H3,(H,29,31)/t22-/m0/s1. The highest BCUT2D eigenvalue weighted by molar-refractivity contribution is 7.92. The van der Waals surface area contributed by atoms with Gasteiger partial charge in [-0.2, -0.15) is 0 Å². The van der Waals surface area contributed by atoms with Crippen LogP contribution in [0.5, 0.6) is 0 Å². The Morgan fingerprint density at radius 2 is 1.59 bits per heavy atom. The molecule has 0 aliphatic heterocycles. The van der Waals surface area contributed by atoms with E-state index in [9.17, 15) is 13.2 Å². The maximum Gasteiger partial charge on any atom is 0.264 e. The number of aryl methyl sites for hydroxylation is 5. The number of carbonyl (C=O) groups is 1. The number of fused-ring (bicyclic) bond motifs is 1. The van der Waals surface area contributed by atoms with E-state index in [0.717, 1.165) is 35.1 Å². The lowest BCUT2D eigenvalue weighted by Crippen LogP contribution is -2.42. The molecule has 4 rings (SSSR count). The summed E-state index contributed by atoms with van der Waals surface area (Å²) in [5.41, 5.74) is 6.97. The molecule has 6 heteroatoms. The number of amides is 1. The second-order valence-corrected chi connectivity index (χ2v) is 11.1. The molecular weight excluding hydrogens is 444 g/mol. The Balaban J connectivity index is 1.62. The molecule has 0 fully saturated rings. The van der Waals surface area contributed by atoms with Crippen molar-refractivity contribution in [3.8, 4) is 0 Å². The van der Waals surface area contributed by atoms with E-state index in [1.165, 1.54) is 21.9 Å². The summed E-state index contributed by atoms with van der Waals surface area (Å²) in [6.45, 7) is 7.32. The van der Waals surface area contributed by atoms with Gasteiger partial charge in [0.25, 0.3) is 10.0 Å². The van der Waals surface area contributed by atoms with Crippen LogP contribution in [0.4, 0.5) is 5.69 Å². The summed E-state index contributed by atoms with van der Waals surface area (Å²) in [4.78, 5) is 13.3. The first-order valence-electron chi connectivity index (χ1n) is 11.7. The second kappa shape index (κ2) is 9.63. The van der Waals surface area contributed by atoms with Gasteiger partial charge in [-0.1, -0.05) is 48.0 Å². The highest BCUT2D eigenvalue weighted by Crippen LogP contribution is 2.29. The zero-order chi connectivity index (χ0) is 24.5. The molecule has 0 heterocycles. The average molecular weight is 477 g/mol. The van der Waals surface area contributed by atoms with Crippen molar-refractivity contribution in [1.82, 2.24) is 5.32 Å². The number of sulfonamides is 1. The Morgan fingerprint density at radius 1 is 0.912 bits per heavy atom. The van der Waals surface area contributed by atoms with Crippen LogP contribution in [-0.2, 0) is 27.7 Å². The molecule has 0 radical (unpaired) electrons. The second-order valence-electron chi connectivity index (χ2n) is 9.29. The van der Waals surface area contributed by atoms with E-state index in [2.05, 4.69) is 23.5 Å². The van der Waals surface area contributed by atoms with E-state index in [0.29, 0.717) is 5.69 Å². The van der Waals surface area contributed by atoms with Gasteiger partial charge in [-0.15, -0.1) is 0 Å². The van der Waals surface area contributed by atoms with Crippen LogP contribution in [0.3, 0.4) is 0 Å². The Bertz CT molecular complexity index is 1310. The van der Waals surface area contributed by atoms with Crippen LogP contribution in [0.15, 0.2) is 65.6 Å². The Labute approximate surface area is 202 Å². The molecule has 1 N–H and O–H groups in total. The number of nitrogens with one attached hydrogen (secondary N) is 1. The lowest BCUT2D eigenvalue weighted by molar-refractivity contribution is -0.120. The minimum atomic E-state index is -3.94. The molecule has 1 aliphatic carbocycles. The molecule has 1 aliphatic rings. The van der Waals surface area contributed by atoms with Gasteiger partial charge in [0.1, 0.15) is 6.54 Å². The van der Waals surface area contributed by atoms with Crippen LogP contribution in [0.1, 0.15) is 52.8 Å². The third-order valence-electron chi connectivity index (χ3n) is 6.53. The highest BCUT2D eigenvalue weighted by atomic mass is 32.2. The molecule has 3 aromatic rings. The summed E-state index contributed by atoms with van der Waals surface area (Å²) in [6.07, 6.45) is 3.35. The van der Waals surface area contributed by atoms with Crippen LogP contribution in [0.25, 0.3) is 0 Å². The highest BCUT2D eigenvalue weighted by Gasteiger charge is 2.29. The molecule has 178 valence electrons. The molecule has 5 nitrogen and oxygen atoms in total. The Hall–Kier alpha value is -3.12. The van der Waals surface area contributed by atoms with Crippen molar-refractivity contribution in [2.75, 3.05) is 10.8 Å². The summed E-state index contributed by atoms with van der Waals surface area (Å²) in [5, 5.41) is 3.01. The summed E-state index contributed by atoms with van der Waals surface area (Å²) in [5.74, 6) is -0.343. The van der Waals surface area contributed by atoms with Gasteiger partial charge >= 0.3 is 0 Å². The number of anilines is 1. The minimum Gasteiger partial charge on any atom is -0.348 e. The van der Waals surface area contributed by atoms with Crippen molar-refractivity contribution in [1.29, 1.82) is 0 Å². The zero-order valence-electron chi connectivity index (χ0n) is 20.3. The van der Waals surface area contributed by atoms with E-state index in [-0.39, 0.29) is 23.4 Å². The Morgan fingerprint density at radius 3 is 2.32 bits per heavy atom. The smallest absolute Gasteiger partial charge is 0.264 e. The predicted molar refractivity (Wildman–Crippen MR) is 137 cm³/mol. The quantitative estimate of drug-likeness (QED) is 0.511. The van der Waals surface area contributed by atoms with Gasteiger partial charge in [0.05, 0.1) is 16.6 Å². The molecule has 0 unspecified atom stereocenters. The zero-order valence-corrected chi connectivity index (χ0v) is 21.1. The maximum absolute atomic E-state index is 13.7. The van der Waals surface area contributed by atoms with E-state index >= 15 is 0 Å². The summed E-state index contributed by atoms with van der Waals surface area (Å²) in [6, 6.07) is 18.5. The van der Waals surface area contributed by atoms with Crippen molar-refractivity contribution in [2.24, 2.45) is 0 Å². The van der Waals surface area contributed by atoms with Gasteiger partial charge in [0.15, 0.2) is 0 Å². The number of benzene rings is 3. The van der Waals surface area contributed by atoms with E-state index < -0.39 is 10.0 Å². The fourth-order valence-corrected chi connectivity index (χ4v) is 5.96. The van der Waals surface area contributed by atoms with Crippen molar-refractivity contribution < 1.29 is 13.2 Å². The lowest BCUT2D eigenvalue weighted by atomic mass is 10.0. The average Bonchev–Trinajstić information content (AvgIpc) is 3.27. The largest absolute Gasteiger partial charge is 0.348 e. The first kappa shape index (κ1) is 24.0. The molecule has 0 saturated carbocycles. The van der Waals surface area contributed by atoms with Gasteiger partial charge in [-0.25, -0.2) is 8.42 Å². The van der Waals surface area contributed by atoms with Gasteiger partial charge in [-0.05, 0) is 93.0 Å². The molecule has 1 amide bonds. The van der Waals surface area contributed by atoms with Gasteiger partial charge < -0.3 is 5.32 Å². The summed E-state index contributed by atoms with van der Waals surface area (Å²) in [7, 11) is -3.94. The first-order valence-corrected chi connectivity index (χ1v) is 13.2. The third-order valence-corrected chi connectivity index (χ3v) is 8.30. The number of hydrogen-bond donors (Lipinski definition) is 1. The van der Waals surface area contributed by atoms with E-state index in [4.69, 9.17) is 0 Å². The van der Waals surface area contributed by atoms with Gasteiger partial charge in [-0.3, -0.25) is 9.10 Å². The number of hydrogen-bond acceptors (Lipinski definition) is 3. The summed E-state index contributed by atoms with van der Waals surface area (Å²) < 4.78 is 28.6. The van der Waals surface area contributed by atoms with Crippen molar-refractivity contribution in [3.63, 3.8) is 0 Å². The molecule has 0 aromatic heterocycles. The van der Waals surface area contributed by atoms with E-state index in [1.54, 1.807) is 24.3 Å². The normalized spacial score (nSPS) is 13.9. The van der Waals surface area contributed by atoms with Crippen LogP contribution < -0.4 is 9.62 Å². The fourth-order valence-electron chi connectivity index (χ4n) is 4.49. The topological polar surface area (TPSA) is 66.5 Å². The molecule has 34 heavy (non-hydrogen) atoms. The van der Waals surface area contributed by atoms with Crippen molar-refractivity contribution >= 4 is 21.6 Å². The fraction of sp³-hybridized carbons (Fsp3) is 0.321.